The Balaban J connectivity index is 1.25. The standard InChI is InChI=1S/C23H19N5O2S/c29-21(25-18-10-11-18)15-6-8-17(9-7-15)26-22(30)20-14-31-23(27-20)16-12-24-28(13-16)19-4-2-1-3-5-19/h1-9,12-14,18H,10-11H2,(H,25,29)(H,26,30). The van der Waals surface area contributed by atoms with Crippen LogP contribution in [-0.2, 0) is 0 Å². The SMILES string of the molecule is O=C(NC1CC1)c1ccc(NC(=O)c2csc(-c3cnn(-c4ccccc4)c3)n2)cc1. The van der Waals surface area contributed by atoms with Gasteiger partial charge < -0.3 is 10.6 Å². The first-order valence-electron chi connectivity index (χ1n) is 9.94. The van der Waals surface area contributed by atoms with Gasteiger partial charge in [0.15, 0.2) is 0 Å². The molecule has 0 unspecified atom stereocenters. The smallest absolute Gasteiger partial charge is 0.275 e. The van der Waals surface area contributed by atoms with Crippen molar-refractivity contribution in [3.05, 3.63) is 83.6 Å². The van der Waals surface area contributed by atoms with E-state index in [1.807, 2.05) is 36.5 Å². The zero-order chi connectivity index (χ0) is 21.2. The molecule has 1 aliphatic rings. The predicted molar refractivity (Wildman–Crippen MR) is 120 cm³/mol. The van der Waals surface area contributed by atoms with Crippen LogP contribution in [0.4, 0.5) is 5.69 Å². The molecule has 2 aromatic carbocycles. The lowest BCUT2D eigenvalue weighted by molar-refractivity contribution is 0.0950. The number of rotatable bonds is 6. The first-order valence-corrected chi connectivity index (χ1v) is 10.8. The Morgan fingerprint density at radius 2 is 1.77 bits per heavy atom. The van der Waals surface area contributed by atoms with E-state index in [-0.39, 0.29) is 11.8 Å². The lowest BCUT2D eigenvalue weighted by atomic mass is 10.2. The average molecular weight is 430 g/mol. The van der Waals surface area contributed by atoms with Gasteiger partial charge in [-0.25, -0.2) is 9.67 Å². The van der Waals surface area contributed by atoms with E-state index in [1.54, 1.807) is 40.5 Å². The van der Waals surface area contributed by atoms with Gasteiger partial charge >= 0.3 is 0 Å². The Kier molecular flexibility index (Phi) is 5.05. The molecule has 5 rings (SSSR count). The summed E-state index contributed by atoms with van der Waals surface area (Å²) in [6.45, 7) is 0. The zero-order valence-corrected chi connectivity index (χ0v) is 17.3. The highest BCUT2D eigenvalue weighted by atomic mass is 32.1. The molecule has 2 heterocycles. The summed E-state index contributed by atoms with van der Waals surface area (Å²) < 4.78 is 1.78. The lowest BCUT2D eigenvalue weighted by Gasteiger charge is -2.06. The first kappa shape index (κ1) is 19.2. The minimum absolute atomic E-state index is 0.0828. The van der Waals surface area contributed by atoms with Gasteiger partial charge in [0.25, 0.3) is 11.8 Å². The summed E-state index contributed by atoms with van der Waals surface area (Å²) in [5.74, 6) is -0.381. The van der Waals surface area contributed by atoms with E-state index in [1.165, 1.54) is 11.3 Å². The number of carbonyl (C=O) groups is 2. The van der Waals surface area contributed by atoms with Crippen LogP contribution >= 0.6 is 11.3 Å². The summed E-state index contributed by atoms with van der Waals surface area (Å²) in [6.07, 6.45) is 5.71. The zero-order valence-electron chi connectivity index (χ0n) is 16.5. The molecule has 2 amide bonds. The van der Waals surface area contributed by atoms with Gasteiger partial charge in [-0.3, -0.25) is 9.59 Å². The molecule has 0 atom stereocenters. The maximum Gasteiger partial charge on any atom is 0.275 e. The van der Waals surface area contributed by atoms with Crippen LogP contribution in [0.25, 0.3) is 16.3 Å². The monoisotopic (exact) mass is 429 g/mol. The minimum atomic E-state index is -0.298. The van der Waals surface area contributed by atoms with Gasteiger partial charge in [-0.2, -0.15) is 5.10 Å². The van der Waals surface area contributed by atoms with Gasteiger partial charge in [0.05, 0.1) is 11.9 Å². The molecule has 2 N–H and O–H groups in total. The molecule has 1 saturated carbocycles. The minimum Gasteiger partial charge on any atom is -0.349 e. The number of para-hydroxylation sites is 1. The normalized spacial score (nSPS) is 13.0. The van der Waals surface area contributed by atoms with Crippen LogP contribution in [0.15, 0.2) is 72.4 Å². The fourth-order valence-electron chi connectivity index (χ4n) is 3.06. The first-order chi connectivity index (χ1) is 15.2. The Bertz CT molecular complexity index is 1230. The predicted octanol–water partition coefficient (Wildman–Crippen LogP) is 4.14. The molecule has 2 aromatic heterocycles. The Hall–Kier alpha value is -3.78. The molecule has 0 spiro atoms. The van der Waals surface area contributed by atoms with Crippen molar-refractivity contribution in [2.24, 2.45) is 0 Å². The largest absolute Gasteiger partial charge is 0.349 e. The topological polar surface area (TPSA) is 88.9 Å². The van der Waals surface area contributed by atoms with Crippen LogP contribution in [0, 0.1) is 0 Å². The molecular weight excluding hydrogens is 410 g/mol. The highest BCUT2D eigenvalue weighted by molar-refractivity contribution is 7.13. The second-order valence-corrected chi connectivity index (χ2v) is 8.18. The third-order valence-corrected chi connectivity index (χ3v) is 5.80. The Morgan fingerprint density at radius 3 is 2.52 bits per heavy atom. The molecule has 0 aliphatic heterocycles. The Labute approximate surface area is 182 Å². The van der Waals surface area contributed by atoms with Crippen LogP contribution in [0.3, 0.4) is 0 Å². The number of amides is 2. The van der Waals surface area contributed by atoms with E-state index >= 15 is 0 Å². The number of carbonyl (C=O) groups excluding carboxylic acids is 2. The number of thiazole rings is 1. The summed E-state index contributed by atoms with van der Waals surface area (Å²) in [4.78, 5) is 29.1. The van der Waals surface area contributed by atoms with Crippen LogP contribution < -0.4 is 10.6 Å². The van der Waals surface area contributed by atoms with Crippen LogP contribution in [0.5, 0.6) is 0 Å². The van der Waals surface area contributed by atoms with E-state index in [0.717, 1.165) is 29.1 Å². The van der Waals surface area contributed by atoms with Gasteiger partial charge in [0.1, 0.15) is 10.7 Å². The van der Waals surface area contributed by atoms with E-state index in [0.29, 0.717) is 23.0 Å². The quantitative estimate of drug-likeness (QED) is 0.482. The second-order valence-electron chi connectivity index (χ2n) is 7.33. The van der Waals surface area contributed by atoms with Crippen LogP contribution in [0.1, 0.15) is 33.7 Å². The fraction of sp³-hybridized carbons (Fsp3) is 0.130. The summed E-state index contributed by atoms with van der Waals surface area (Å²) in [5.41, 5.74) is 3.33. The highest BCUT2D eigenvalue weighted by Crippen LogP contribution is 2.25. The van der Waals surface area contributed by atoms with E-state index < -0.39 is 0 Å². The fourth-order valence-corrected chi connectivity index (χ4v) is 3.84. The molecule has 4 aromatic rings. The molecule has 8 heteroatoms. The molecule has 1 fully saturated rings. The molecule has 31 heavy (non-hydrogen) atoms. The number of anilines is 1. The van der Waals surface area contributed by atoms with Crippen molar-refractivity contribution in [2.75, 3.05) is 5.32 Å². The van der Waals surface area contributed by atoms with Crippen molar-refractivity contribution < 1.29 is 9.59 Å². The van der Waals surface area contributed by atoms with Crippen molar-refractivity contribution in [3.63, 3.8) is 0 Å². The van der Waals surface area contributed by atoms with E-state index in [2.05, 4.69) is 20.7 Å². The van der Waals surface area contributed by atoms with Crippen molar-refractivity contribution in [3.8, 4) is 16.3 Å². The number of hydrogen-bond acceptors (Lipinski definition) is 5. The van der Waals surface area contributed by atoms with Crippen molar-refractivity contribution >= 4 is 28.8 Å². The summed E-state index contributed by atoms with van der Waals surface area (Å²) in [5, 5.41) is 12.6. The third-order valence-electron chi connectivity index (χ3n) is 4.90. The second kappa shape index (κ2) is 8.16. The van der Waals surface area contributed by atoms with Gasteiger partial charge in [-0.1, -0.05) is 18.2 Å². The number of nitrogens with zero attached hydrogens (tertiary/aromatic N) is 3. The lowest BCUT2D eigenvalue weighted by Crippen LogP contribution is -2.25. The molecule has 7 nitrogen and oxygen atoms in total. The number of hydrogen-bond donors (Lipinski definition) is 2. The maximum absolute atomic E-state index is 12.6. The Morgan fingerprint density at radius 1 is 1.00 bits per heavy atom. The van der Waals surface area contributed by atoms with E-state index in [9.17, 15) is 9.59 Å². The van der Waals surface area contributed by atoms with Gasteiger partial charge in [-0.05, 0) is 49.2 Å². The third kappa shape index (κ3) is 4.39. The summed E-state index contributed by atoms with van der Waals surface area (Å²) in [7, 11) is 0. The van der Waals surface area contributed by atoms with Crippen molar-refractivity contribution in [2.45, 2.75) is 18.9 Å². The summed E-state index contributed by atoms with van der Waals surface area (Å²) in [6, 6.07) is 17.0. The molecule has 1 aliphatic carbocycles. The van der Waals surface area contributed by atoms with Gasteiger partial charge in [-0.15, -0.1) is 11.3 Å². The number of benzene rings is 2. The van der Waals surface area contributed by atoms with E-state index in [4.69, 9.17) is 0 Å². The van der Waals surface area contributed by atoms with Gasteiger partial charge in [0.2, 0.25) is 0 Å². The molecule has 0 saturated heterocycles. The van der Waals surface area contributed by atoms with Crippen molar-refractivity contribution in [1.29, 1.82) is 0 Å². The maximum atomic E-state index is 12.6. The molecular formula is C23H19N5O2S. The summed E-state index contributed by atoms with van der Waals surface area (Å²) >= 11 is 1.39. The van der Waals surface area contributed by atoms with Crippen LogP contribution in [-0.4, -0.2) is 32.6 Å². The molecule has 0 bridgehead atoms. The molecule has 0 radical (unpaired) electrons. The van der Waals surface area contributed by atoms with Crippen molar-refractivity contribution in [1.82, 2.24) is 20.1 Å². The number of aromatic nitrogens is 3. The molecule has 154 valence electrons. The van der Waals surface area contributed by atoms with Crippen LogP contribution in [0.2, 0.25) is 0 Å². The van der Waals surface area contributed by atoms with Gasteiger partial charge in [0, 0.05) is 34.4 Å². The average Bonchev–Trinajstić information content (AvgIpc) is 3.27. The number of nitrogens with one attached hydrogen (secondary N) is 2. The highest BCUT2D eigenvalue weighted by Gasteiger charge is 2.23.